The van der Waals surface area contributed by atoms with Gasteiger partial charge in [-0.25, -0.2) is 13.6 Å². The van der Waals surface area contributed by atoms with E-state index in [0.717, 1.165) is 12.6 Å². The zero-order chi connectivity index (χ0) is 22.3. The van der Waals surface area contributed by atoms with Gasteiger partial charge in [0.25, 0.3) is 5.56 Å². The molecule has 0 fully saturated rings. The standard InChI is InChI=1S/C22H23F2N3O3S/c1-12-8-16-19-20(18(12)15-5-4-13(23)9-17(15)24)31-11-14(30-7-6-26(2)3)10-27(19)22(29)25-21(16)28/h4-5,8-9,14H,6-7,10-11H2,1-3H3,(H,25,28,29)/t14-/m0/s1. The number of benzene rings is 2. The summed E-state index contributed by atoms with van der Waals surface area (Å²) in [6, 6.07) is 5.08. The average molecular weight is 448 g/mol. The lowest BCUT2D eigenvalue weighted by Gasteiger charge is -2.18. The smallest absolute Gasteiger partial charge is 0.328 e. The van der Waals surface area contributed by atoms with Crippen LogP contribution in [-0.4, -0.2) is 53.6 Å². The summed E-state index contributed by atoms with van der Waals surface area (Å²) in [5.74, 6) is -0.834. The van der Waals surface area contributed by atoms with Crippen LogP contribution in [-0.2, 0) is 11.3 Å². The molecule has 0 spiro atoms. The minimum absolute atomic E-state index is 0.231. The summed E-state index contributed by atoms with van der Waals surface area (Å²) in [5, 5.41) is 0.361. The molecule has 0 radical (unpaired) electrons. The first-order chi connectivity index (χ1) is 14.8. The topological polar surface area (TPSA) is 67.3 Å². The van der Waals surface area contributed by atoms with Crippen LogP contribution >= 0.6 is 11.8 Å². The van der Waals surface area contributed by atoms with Gasteiger partial charge in [-0.05, 0) is 44.8 Å². The molecule has 4 rings (SSSR count). The van der Waals surface area contributed by atoms with E-state index < -0.39 is 22.9 Å². The van der Waals surface area contributed by atoms with E-state index in [9.17, 15) is 18.4 Å². The van der Waals surface area contributed by atoms with Gasteiger partial charge >= 0.3 is 5.69 Å². The molecule has 1 aromatic heterocycles. The first-order valence-electron chi connectivity index (χ1n) is 9.91. The highest BCUT2D eigenvalue weighted by molar-refractivity contribution is 7.99. The number of H-pyrrole nitrogens is 1. The molecule has 0 bridgehead atoms. The van der Waals surface area contributed by atoms with E-state index >= 15 is 0 Å². The molecule has 0 unspecified atom stereocenters. The number of ether oxygens (including phenoxy) is 1. The van der Waals surface area contributed by atoms with E-state index in [1.54, 1.807) is 13.0 Å². The first-order valence-corrected chi connectivity index (χ1v) is 10.9. The fourth-order valence-corrected chi connectivity index (χ4v) is 5.15. The fourth-order valence-electron chi connectivity index (χ4n) is 3.83. The minimum Gasteiger partial charge on any atom is -0.374 e. The number of likely N-dealkylation sites (N-methyl/N-ethyl adjacent to an activating group) is 1. The largest absolute Gasteiger partial charge is 0.374 e. The van der Waals surface area contributed by atoms with Gasteiger partial charge in [-0.1, -0.05) is 0 Å². The Morgan fingerprint density at radius 2 is 2.03 bits per heavy atom. The summed E-state index contributed by atoms with van der Waals surface area (Å²) in [5.41, 5.74) is 0.901. The summed E-state index contributed by atoms with van der Waals surface area (Å²) in [4.78, 5) is 30.3. The third-order valence-corrected chi connectivity index (χ3v) is 6.55. The van der Waals surface area contributed by atoms with Crippen molar-refractivity contribution in [3.8, 4) is 11.1 Å². The van der Waals surface area contributed by atoms with Gasteiger partial charge in [0.15, 0.2) is 0 Å². The molecule has 164 valence electrons. The molecule has 0 saturated carbocycles. The number of hydrogen-bond acceptors (Lipinski definition) is 5. The lowest BCUT2D eigenvalue weighted by molar-refractivity contribution is 0.0487. The number of nitrogens with one attached hydrogen (secondary N) is 1. The Morgan fingerprint density at radius 1 is 1.26 bits per heavy atom. The first kappa shape index (κ1) is 21.7. The molecule has 1 aliphatic rings. The predicted molar refractivity (Wildman–Crippen MR) is 118 cm³/mol. The monoisotopic (exact) mass is 447 g/mol. The van der Waals surface area contributed by atoms with Crippen LogP contribution in [0.5, 0.6) is 0 Å². The average Bonchev–Trinajstić information content (AvgIpc) is 2.87. The molecular formula is C22H23F2N3O3S. The fraction of sp³-hybridized carbons (Fsp3) is 0.364. The second-order valence-corrected chi connectivity index (χ2v) is 8.93. The SMILES string of the molecule is Cc1cc2c(=O)[nH]c(=O)n3c2c(c1-c1ccc(F)cc1F)SC[C@@H](OCCN(C)C)C3. The summed E-state index contributed by atoms with van der Waals surface area (Å²) < 4.78 is 35.7. The van der Waals surface area contributed by atoms with E-state index in [1.165, 1.54) is 28.5 Å². The molecule has 1 N–H and O–H groups in total. The zero-order valence-electron chi connectivity index (χ0n) is 17.5. The van der Waals surface area contributed by atoms with Crippen molar-refractivity contribution in [2.45, 2.75) is 24.5 Å². The highest BCUT2D eigenvalue weighted by atomic mass is 32.2. The maximum atomic E-state index is 14.7. The number of hydrogen-bond donors (Lipinski definition) is 1. The van der Waals surface area contributed by atoms with Gasteiger partial charge in [-0.15, -0.1) is 11.8 Å². The van der Waals surface area contributed by atoms with E-state index in [2.05, 4.69) is 4.98 Å². The lowest BCUT2D eigenvalue weighted by Crippen LogP contribution is -2.35. The molecule has 0 amide bonds. The molecule has 6 nitrogen and oxygen atoms in total. The van der Waals surface area contributed by atoms with Gasteiger partial charge < -0.3 is 9.64 Å². The van der Waals surface area contributed by atoms with Crippen molar-refractivity contribution in [1.82, 2.24) is 14.5 Å². The maximum absolute atomic E-state index is 14.7. The van der Waals surface area contributed by atoms with Gasteiger partial charge in [0.05, 0.1) is 30.2 Å². The Kier molecular flexibility index (Phi) is 6.00. The van der Waals surface area contributed by atoms with Crippen molar-refractivity contribution < 1.29 is 13.5 Å². The number of aromatic amines is 1. The third kappa shape index (κ3) is 4.17. The Labute approximate surface area is 181 Å². The summed E-state index contributed by atoms with van der Waals surface area (Å²) in [7, 11) is 3.90. The van der Waals surface area contributed by atoms with Gasteiger partial charge in [-0.3, -0.25) is 14.3 Å². The second-order valence-electron chi connectivity index (χ2n) is 7.89. The van der Waals surface area contributed by atoms with E-state index in [4.69, 9.17) is 4.74 Å². The van der Waals surface area contributed by atoms with Crippen LogP contribution in [0.4, 0.5) is 8.78 Å². The molecule has 3 aromatic rings. The van der Waals surface area contributed by atoms with Crippen molar-refractivity contribution in [3.63, 3.8) is 0 Å². The summed E-state index contributed by atoms with van der Waals surface area (Å²) in [6.07, 6.45) is -0.268. The normalized spacial score (nSPS) is 16.1. The number of thioether (sulfide) groups is 1. The maximum Gasteiger partial charge on any atom is 0.328 e. The van der Waals surface area contributed by atoms with Crippen LogP contribution in [0.1, 0.15) is 5.56 Å². The van der Waals surface area contributed by atoms with Crippen molar-refractivity contribution in [2.24, 2.45) is 0 Å². The Balaban J connectivity index is 1.91. The second kappa shape index (κ2) is 8.57. The van der Waals surface area contributed by atoms with Crippen LogP contribution in [0, 0.1) is 18.6 Å². The number of rotatable bonds is 5. The lowest BCUT2D eigenvalue weighted by atomic mass is 9.97. The third-order valence-electron chi connectivity index (χ3n) is 5.32. The molecule has 0 saturated heterocycles. The van der Waals surface area contributed by atoms with Crippen LogP contribution < -0.4 is 11.2 Å². The number of halogens is 2. The van der Waals surface area contributed by atoms with Crippen molar-refractivity contribution in [2.75, 3.05) is 33.0 Å². The van der Waals surface area contributed by atoms with E-state index in [-0.39, 0.29) is 18.2 Å². The van der Waals surface area contributed by atoms with Crippen molar-refractivity contribution in [1.29, 1.82) is 0 Å². The summed E-state index contributed by atoms with van der Waals surface area (Å²) >= 11 is 1.42. The molecule has 2 aromatic carbocycles. The predicted octanol–water partition coefficient (Wildman–Crippen LogP) is 3.00. The molecule has 2 heterocycles. The van der Waals surface area contributed by atoms with Gasteiger partial charge in [0.2, 0.25) is 0 Å². The number of nitrogens with zero attached hydrogens (tertiary/aromatic N) is 2. The van der Waals surface area contributed by atoms with Crippen LogP contribution in [0.15, 0.2) is 38.8 Å². The molecule has 9 heteroatoms. The Morgan fingerprint density at radius 3 is 2.74 bits per heavy atom. The minimum atomic E-state index is -0.693. The Bertz CT molecular complexity index is 1270. The zero-order valence-corrected chi connectivity index (χ0v) is 18.3. The molecule has 31 heavy (non-hydrogen) atoms. The van der Waals surface area contributed by atoms with Crippen molar-refractivity contribution >= 4 is 22.7 Å². The van der Waals surface area contributed by atoms with Crippen LogP contribution in [0.2, 0.25) is 0 Å². The van der Waals surface area contributed by atoms with Gasteiger partial charge in [-0.2, -0.15) is 0 Å². The summed E-state index contributed by atoms with van der Waals surface area (Å²) in [6.45, 7) is 3.27. The highest BCUT2D eigenvalue weighted by Gasteiger charge is 2.26. The molecule has 1 aliphatic heterocycles. The number of aryl methyl sites for hydroxylation is 1. The quantitative estimate of drug-likeness (QED) is 0.651. The van der Waals surface area contributed by atoms with E-state index in [1.807, 2.05) is 19.0 Å². The molecular weight excluding hydrogens is 424 g/mol. The number of aromatic nitrogens is 2. The highest BCUT2D eigenvalue weighted by Crippen LogP contribution is 2.41. The molecule has 1 atom stereocenters. The Hall–Kier alpha value is -2.49. The van der Waals surface area contributed by atoms with Crippen molar-refractivity contribution in [3.05, 3.63) is 62.3 Å². The van der Waals surface area contributed by atoms with Crippen LogP contribution in [0.25, 0.3) is 22.0 Å². The van der Waals surface area contributed by atoms with Gasteiger partial charge in [0.1, 0.15) is 11.6 Å². The van der Waals surface area contributed by atoms with Crippen LogP contribution in [0.3, 0.4) is 0 Å². The van der Waals surface area contributed by atoms with E-state index in [0.29, 0.717) is 39.3 Å². The van der Waals surface area contributed by atoms with Gasteiger partial charge in [0, 0.05) is 34.4 Å². The molecule has 0 aliphatic carbocycles.